The number of hydrogen-bond donors (Lipinski definition) is 3. The number of ether oxygens (including phenoxy) is 1. The van der Waals surface area contributed by atoms with Gasteiger partial charge in [0.2, 0.25) is 5.91 Å². The standard InChI is InChI=1S/C27H28F3N5O4S/c1-14-15(2)40-20-11-34(21(27(28,29)30)13-39-23(14)20)22(36)12-35-24(37)26(33-25(35)38)7-6-17-8-16(4-5-19(17)26)18(9-31)10-32-3/h4-5,8-10,21,31-32H,6-7,11-13H2,1-3H3,(H,33,38)/b18-10+,31-9?/t21-,26?/m1/s1. The van der Waals surface area contributed by atoms with Gasteiger partial charge in [-0.1, -0.05) is 18.2 Å². The first-order valence-corrected chi connectivity index (χ1v) is 13.5. The molecule has 9 nitrogen and oxygen atoms in total. The summed E-state index contributed by atoms with van der Waals surface area (Å²) in [4.78, 5) is 42.8. The molecular weight excluding hydrogens is 547 g/mol. The number of carbonyl (C=O) groups excluding carboxylic acids is 3. The summed E-state index contributed by atoms with van der Waals surface area (Å²) in [6.45, 7) is 1.63. The summed E-state index contributed by atoms with van der Waals surface area (Å²) in [5, 5.41) is 13.2. The van der Waals surface area contributed by atoms with Gasteiger partial charge in [0.25, 0.3) is 5.91 Å². The lowest BCUT2D eigenvalue weighted by Gasteiger charge is -2.31. The van der Waals surface area contributed by atoms with Crippen LogP contribution in [0.2, 0.25) is 0 Å². The molecule has 212 valence electrons. The summed E-state index contributed by atoms with van der Waals surface area (Å²) in [5.74, 6) is -1.32. The van der Waals surface area contributed by atoms with Crippen molar-refractivity contribution in [1.29, 1.82) is 5.41 Å². The van der Waals surface area contributed by atoms with Crippen molar-refractivity contribution in [1.82, 2.24) is 20.4 Å². The van der Waals surface area contributed by atoms with Crippen LogP contribution in [0.15, 0.2) is 24.4 Å². The normalized spacial score (nSPS) is 22.6. The average Bonchev–Trinajstić information content (AvgIpc) is 3.41. The second-order valence-electron chi connectivity index (χ2n) is 10.1. The van der Waals surface area contributed by atoms with Crippen LogP contribution in [0.1, 0.15) is 38.4 Å². The van der Waals surface area contributed by atoms with E-state index in [0.29, 0.717) is 38.0 Å². The Morgan fingerprint density at radius 3 is 2.75 bits per heavy atom. The summed E-state index contributed by atoms with van der Waals surface area (Å²) in [5.41, 5.74) is 2.08. The minimum Gasteiger partial charge on any atom is -0.490 e. The van der Waals surface area contributed by atoms with E-state index in [2.05, 4.69) is 10.6 Å². The molecule has 2 atom stereocenters. The Balaban J connectivity index is 1.41. The quantitative estimate of drug-likeness (QED) is 0.372. The van der Waals surface area contributed by atoms with Crippen LogP contribution in [-0.2, 0) is 28.1 Å². The van der Waals surface area contributed by atoms with E-state index in [1.54, 1.807) is 32.3 Å². The Labute approximate surface area is 232 Å². The maximum atomic E-state index is 14.0. The lowest BCUT2D eigenvalue weighted by molar-refractivity contribution is -0.195. The van der Waals surface area contributed by atoms with Gasteiger partial charge in [-0.05, 0) is 43.4 Å². The van der Waals surface area contributed by atoms with E-state index in [4.69, 9.17) is 10.1 Å². The second kappa shape index (κ2) is 9.95. The number of allylic oxidation sites excluding steroid dienone is 1. The molecule has 3 N–H and O–H groups in total. The third-order valence-corrected chi connectivity index (χ3v) is 8.94. The number of urea groups is 1. The molecule has 0 saturated carbocycles. The van der Waals surface area contributed by atoms with Crippen molar-refractivity contribution < 1.29 is 32.3 Å². The molecule has 2 aliphatic heterocycles. The highest BCUT2D eigenvalue weighted by molar-refractivity contribution is 7.12. The van der Waals surface area contributed by atoms with Crippen LogP contribution in [0.3, 0.4) is 0 Å². The van der Waals surface area contributed by atoms with Crippen LogP contribution in [0.4, 0.5) is 18.0 Å². The zero-order valence-electron chi connectivity index (χ0n) is 22.1. The van der Waals surface area contributed by atoms with Crippen LogP contribution in [0.5, 0.6) is 5.75 Å². The van der Waals surface area contributed by atoms with Gasteiger partial charge in [0, 0.05) is 35.5 Å². The number of hydrogen-bond acceptors (Lipinski definition) is 7. The predicted octanol–water partition coefficient (Wildman–Crippen LogP) is 3.62. The van der Waals surface area contributed by atoms with Gasteiger partial charge in [0.05, 0.1) is 11.4 Å². The maximum absolute atomic E-state index is 14.0. The monoisotopic (exact) mass is 575 g/mol. The Kier molecular flexibility index (Phi) is 6.89. The largest absolute Gasteiger partial charge is 0.490 e. The number of nitrogens with zero attached hydrogens (tertiary/aromatic N) is 2. The van der Waals surface area contributed by atoms with E-state index in [1.807, 2.05) is 13.0 Å². The molecule has 0 radical (unpaired) electrons. The van der Waals surface area contributed by atoms with Gasteiger partial charge in [-0.25, -0.2) is 4.79 Å². The van der Waals surface area contributed by atoms with Gasteiger partial charge in [-0.3, -0.25) is 14.5 Å². The number of imide groups is 1. The van der Waals surface area contributed by atoms with Gasteiger partial charge in [0.15, 0.2) is 6.04 Å². The summed E-state index contributed by atoms with van der Waals surface area (Å²) in [6, 6.07) is 2.24. The lowest BCUT2D eigenvalue weighted by atomic mass is 9.90. The molecule has 3 aliphatic rings. The fourth-order valence-corrected chi connectivity index (χ4v) is 6.71. The van der Waals surface area contributed by atoms with Crippen LogP contribution >= 0.6 is 11.3 Å². The molecule has 2 aromatic rings. The van der Waals surface area contributed by atoms with Gasteiger partial charge in [0.1, 0.15) is 24.4 Å². The summed E-state index contributed by atoms with van der Waals surface area (Å²) in [6.07, 6.45) is -1.20. The highest BCUT2D eigenvalue weighted by Gasteiger charge is 2.56. The number of thiophene rings is 1. The van der Waals surface area contributed by atoms with E-state index in [9.17, 15) is 27.6 Å². The number of amides is 4. The van der Waals surface area contributed by atoms with E-state index in [-0.39, 0.29) is 13.0 Å². The number of benzene rings is 1. The van der Waals surface area contributed by atoms with Crippen molar-refractivity contribution in [3.63, 3.8) is 0 Å². The molecule has 1 aliphatic carbocycles. The third-order valence-electron chi connectivity index (χ3n) is 7.76. The van der Waals surface area contributed by atoms with Crippen molar-refractivity contribution >= 4 is 41.0 Å². The molecular formula is C27H28F3N5O4S. The third kappa shape index (κ3) is 4.41. The lowest BCUT2D eigenvalue weighted by Crippen LogP contribution is -2.53. The van der Waals surface area contributed by atoms with E-state index in [0.717, 1.165) is 21.6 Å². The first-order valence-electron chi connectivity index (χ1n) is 12.6. The number of rotatable bonds is 5. The maximum Gasteiger partial charge on any atom is 0.412 e. The molecule has 4 amide bonds. The van der Waals surface area contributed by atoms with Gasteiger partial charge in [-0.15, -0.1) is 11.3 Å². The Morgan fingerprint density at radius 1 is 1.32 bits per heavy atom. The summed E-state index contributed by atoms with van der Waals surface area (Å²) in [7, 11) is 1.71. The van der Waals surface area contributed by atoms with E-state index >= 15 is 0 Å². The van der Waals surface area contributed by atoms with Crippen molar-refractivity contribution in [3.05, 3.63) is 56.4 Å². The Bertz CT molecular complexity index is 1450. The zero-order valence-corrected chi connectivity index (χ0v) is 22.9. The van der Waals surface area contributed by atoms with Crippen molar-refractivity contribution in [2.45, 2.75) is 51.0 Å². The second-order valence-corrected chi connectivity index (χ2v) is 11.4. The minimum absolute atomic E-state index is 0.247. The Morgan fingerprint density at radius 2 is 2.08 bits per heavy atom. The highest BCUT2D eigenvalue weighted by Crippen LogP contribution is 2.43. The number of nitrogens with one attached hydrogen (secondary N) is 3. The molecule has 13 heteroatoms. The molecule has 1 spiro atoms. The molecule has 1 aromatic carbocycles. The van der Waals surface area contributed by atoms with E-state index in [1.165, 1.54) is 17.6 Å². The van der Waals surface area contributed by atoms with Crippen LogP contribution < -0.4 is 15.4 Å². The summed E-state index contributed by atoms with van der Waals surface area (Å²) >= 11 is 1.26. The molecule has 0 bridgehead atoms. The van der Waals surface area contributed by atoms with E-state index < -0.39 is 48.8 Å². The molecule has 1 unspecified atom stereocenters. The molecule has 5 rings (SSSR count). The smallest absolute Gasteiger partial charge is 0.412 e. The first kappa shape index (κ1) is 27.7. The predicted molar refractivity (Wildman–Crippen MR) is 142 cm³/mol. The van der Waals surface area contributed by atoms with Crippen molar-refractivity contribution in [2.24, 2.45) is 0 Å². The average molecular weight is 576 g/mol. The minimum atomic E-state index is -4.77. The van der Waals surface area contributed by atoms with Crippen LogP contribution in [0.25, 0.3) is 5.57 Å². The fourth-order valence-electron chi connectivity index (χ4n) is 5.58. The molecule has 1 aromatic heterocycles. The zero-order chi connectivity index (χ0) is 29.0. The highest BCUT2D eigenvalue weighted by atomic mass is 32.1. The number of carbonyl (C=O) groups is 3. The number of halogens is 3. The number of aryl methyl sites for hydroxylation is 2. The van der Waals surface area contributed by atoms with Crippen molar-refractivity contribution in [3.8, 4) is 5.75 Å². The Hall–Kier alpha value is -3.87. The van der Waals surface area contributed by atoms with Crippen LogP contribution in [-0.4, -0.2) is 66.3 Å². The number of alkyl halides is 3. The molecule has 1 saturated heterocycles. The van der Waals surface area contributed by atoms with Gasteiger partial charge in [-0.2, -0.15) is 13.2 Å². The number of fused-ring (bicyclic) bond motifs is 3. The molecule has 3 heterocycles. The molecule has 1 fully saturated rings. The fraction of sp³-hybridized carbons (Fsp3) is 0.407. The first-order chi connectivity index (χ1) is 18.9. The molecule has 40 heavy (non-hydrogen) atoms. The SMILES string of the molecule is CN/C=C(\C=N)c1ccc2c(c1)CCC21NC(=O)N(CC(=O)N2Cc3sc(C)c(C)c3OC[C@@H]2C(F)(F)F)C1=O. The van der Waals surface area contributed by atoms with Gasteiger partial charge >= 0.3 is 12.2 Å². The van der Waals surface area contributed by atoms with Crippen molar-refractivity contribution in [2.75, 3.05) is 20.2 Å². The van der Waals surface area contributed by atoms with Gasteiger partial charge < -0.3 is 25.7 Å². The summed E-state index contributed by atoms with van der Waals surface area (Å²) < 4.78 is 47.6. The topological polar surface area (TPSA) is 115 Å². The van der Waals surface area contributed by atoms with Crippen LogP contribution in [0, 0.1) is 19.3 Å².